The van der Waals surface area contributed by atoms with E-state index in [-0.39, 0.29) is 0 Å². The molecular weight excluding hydrogens is 1290 g/mol. The Kier molecular flexibility index (Phi) is 25.6. The van der Waals surface area contributed by atoms with Gasteiger partial charge >= 0.3 is 571 Å². The SMILES string of the molecule is CCCCC(CC)Cc1ccc(S([O][Sb](=[O])([O]S(c2ccc(C)cc2)(c2ccc(C)cc2)c2ccc(CC(CC)CCCC)cc2)[O]S(c2ccc(C)cc2)(c2ccc(C)cc2)c2ccc(CC(CC)CCCC)cc2)(c2ccc(C)cc2)c2ccc(C)cc2)cc1. The van der Waals surface area contributed by atoms with Crippen LogP contribution in [-0.2, 0) is 29.7 Å². The van der Waals surface area contributed by atoms with E-state index in [1.807, 2.05) is 0 Å². The molecule has 0 spiro atoms. The molecule has 9 aromatic rings. The molecule has 0 heterocycles. The molecule has 0 N–H and O–H groups in total. The Balaban J connectivity index is 1.42. The molecule has 0 aromatic heterocycles. The van der Waals surface area contributed by atoms with Crippen molar-refractivity contribution in [1.29, 1.82) is 0 Å². The van der Waals surface area contributed by atoms with Crippen molar-refractivity contribution in [3.05, 3.63) is 268 Å². The molecule has 3 unspecified atom stereocenters. The summed E-state index contributed by atoms with van der Waals surface area (Å²) in [4.78, 5) is 8.20. The van der Waals surface area contributed by atoms with Crippen molar-refractivity contribution in [3.8, 4) is 0 Å². The minimum absolute atomic E-state index is 0.570. The standard InChI is InChI=1S/3C28H36OS.O.Sb/c3*1-5-7-8-24(6-2)21-25-13-19-28(20-14-25)30(29,26-15-9-22(3)10-16-26)27-17-11-23(4)12-18-27;;/h3*9-20,24,29H,5-8,21H2,1-4H3;;/q;;;;+3/p-3. The molecule has 0 bridgehead atoms. The summed E-state index contributed by atoms with van der Waals surface area (Å²) in [5.74, 6) is 1.71. The van der Waals surface area contributed by atoms with Crippen molar-refractivity contribution < 1.29 is 10.4 Å². The predicted octanol–water partition coefficient (Wildman–Crippen LogP) is 25.7. The third kappa shape index (κ3) is 17.0. The average molecular weight is 1400 g/mol. The van der Waals surface area contributed by atoms with Gasteiger partial charge in [-0.2, -0.15) is 0 Å². The van der Waals surface area contributed by atoms with Gasteiger partial charge in [0.2, 0.25) is 0 Å². The van der Waals surface area contributed by atoms with Crippen LogP contribution in [0.25, 0.3) is 0 Å². The molecule has 92 heavy (non-hydrogen) atoms. The Hall–Kier alpha value is -5.47. The Morgan fingerprint density at radius 2 is 0.435 bits per heavy atom. The van der Waals surface area contributed by atoms with Crippen molar-refractivity contribution >= 4 is 51.0 Å². The predicted molar refractivity (Wildman–Crippen MR) is 394 cm³/mol. The number of benzene rings is 9. The van der Waals surface area contributed by atoms with E-state index >= 15 is 3.02 Å². The van der Waals surface area contributed by atoms with Gasteiger partial charge < -0.3 is 0 Å². The molecule has 0 aliphatic heterocycles. The molecule has 8 heteroatoms. The molecule has 0 radical (unpaired) electrons. The van der Waals surface area contributed by atoms with Crippen LogP contribution < -0.4 is 0 Å². The first-order chi connectivity index (χ1) is 44.5. The Labute approximate surface area is 566 Å². The van der Waals surface area contributed by atoms with E-state index in [2.05, 4.69) is 301 Å². The summed E-state index contributed by atoms with van der Waals surface area (Å²) < 4.78 is 45.1. The number of aryl methyl sites for hydroxylation is 6. The maximum absolute atomic E-state index is 19.4. The normalized spacial score (nSPS) is 14.3. The van der Waals surface area contributed by atoms with Crippen molar-refractivity contribution in [1.82, 2.24) is 0 Å². The number of unbranched alkanes of at least 4 members (excludes halogenated alkanes) is 3. The van der Waals surface area contributed by atoms with Gasteiger partial charge in [-0.3, -0.25) is 0 Å². The minimum atomic E-state index is -6.83. The number of rotatable bonds is 33. The van der Waals surface area contributed by atoms with Crippen LogP contribution in [0.15, 0.2) is 262 Å². The van der Waals surface area contributed by atoms with E-state index in [1.54, 1.807) is 0 Å². The van der Waals surface area contributed by atoms with Crippen molar-refractivity contribution in [2.45, 2.75) is 223 Å². The number of hydrogen-bond donors (Lipinski definition) is 0. The van der Waals surface area contributed by atoms with Gasteiger partial charge in [0.25, 0.3) is 0 Å². The van der Waals surface area contributed by atoms with Crippen molar-refractivity contribution in [2.24, 2.45) is 17.8 Å². The van der Waals surface area contributed by atoms with Gasteiger partial charge in [0.1, 0.15) is 0 Å². The van der Waals surface area contributed by atoms with E-state index < -0.39 is 51.0 Å². The van der Waals surface area contributed by atoms with Gasteiger partial charge in [-0.05, 0) is 0 Å². The van der Waals surface area contributed by atoms with Crippen molar-refractivity contribution in [3.63, 3.8) is 0 Å². The molecule has 0 amide bonds. The molecule has 0 fully saturated rings. The van der Waals surface area contributed by atoms with Gasteiger partial charge in [-0.15, -0.1) is 0 Å². The van der Waals surface area contributed by atoms with E-state index in [1.165, 1.54) is 74.5 Å². The van der Waals surface area contributed by atoms with Crippen LogP contribution in [0.4, 0.5) is 0 Å². The fraction of sp³-hybridized carbons (Fsp3) is 0.357. The van der Waals surface area contributed by atoms with Gasteiger partial charge in [0, 0.05) is 0 Å². The van der Waals surface area contributed by atoms with Gasteiger partial charge in [0.15, 0.2) is 0 Å². The first kappa shape index (κ1) is 70.8. The van der Waals surface area contributed by atoms with E-state index in [0.29, 0.717) is 17.8 Å². The van der Waals surface area contributed by atoms with Crippen LogP contribution in [-0.4, -0.2) is 20.1 Å². The first-order valence-corrected chi connectivity index (χ1v) is 43.3. The Bertz CT molecular complexity index is 3200. The Morgan fingerprint density at radius 3 is 0.587 bits per heavy atom. The molecule has 9 rings (SSSR count). The second-order valence-electron chi connectivity index (χ2n) is 26.0. The van der Waals surface area contributed by atoms with E-state index in [0.717, 1.165) is 116 Å². The molecular formula is C84H105O4S3Sb. The topological polar surface area (TPSA) is 44.8 Å². The molecule has 488 valence electrons. The molecule has 4 nitrogen and oxygen atoms in total. The zero-order valence-electron chi connectivity index (χ0n) is 57.4. The number of hydrogen-bond acceptors (Lipinski definition) is 4. The van der Waals surface area contributed by atoms with Gasteiger partial charge in [0.05, 0.1) is 0 Å². The second-order valence-corrected chi connectivity index (χ2v) is 40.4. The summed E-state index contributed by atoms with van der Waals surface area (Å²) in [5.41, 5.74) is 10.5. The van der Waals surface area contributed by atoms with E-state index in [9.17, 15) is 0 Å². The van der Waals surface area contributed by atoms with Crippen LogP contribution in [0.5, 0.6) is 0 Å². The first-order valence-electron chi connectivity index (χ1n) is 34.4. The van der Waals surface area contributed by atoms with Crippen LogP contribution >= 0.6 is 30.9 Å². The average Bonchev–Trinajstić information content (AvgIpc) is 0.724. The molecule has 0 saturated heterocycles. The third-order valence-corrected chi connectivity index (χ3v) is 38.8. The Morgan fingerprint density at radius 1 is 0.272 bits per heavy atom. The maximum atomic E-state index is 19.4. The fourth-order valence-corrected chi connectivity index (χ4v) is 37.3. The summed E-state index contributed by atoms with van der Waals surface area (Å²) in [7, 11) is -9.19. The van der Waals surface area contributed by atoms with Crippen LogP contribution in [0.2, 0.25) is 0 Å². The molecule has 0 saturated carbocycles. The zero-order valence-corrected chi connectivity index (χ0v) is 62.4. The van der Waals surface area contributed by atoms with E-state index in [4.69, 9.17) is 7.38 Å². The van der Waals surface area contributed by atoms with Crippen LogP contribution in [0.3, 0.4) is 0 Å². The van der Waals surface area contributed by atoms with Crippen LogP contribution in [0, 0.1) is 59.3 Å². The fourth-order valence-electron chi connectivity index (χ4n) is 12.7. The molecule has 3 atom stereocenters. The summed E-state index contributed by atoms with van der Waals surface area (Å²) in [6, 6.07) is 80.0. The van der Waals surface area contributed by atoms with Gasteiger partial charge in [-0.25, -0.2) is 0 Å². The summed E-state index contributed by atoms with van der Waals surface area (Å²) >= 11 is -6.83. The molecule has 0 aliphatic rings. The molecule has 9 aromatic carbocycles. The monoisotopic (exact) mass is 1390 g/mol. The zero-order chi connectivity index (χ0) is 65.3. The quantitative estimate of drug-likeness (QED) is 0.0385. The summed E-state index contributed by atoms with van der Waals surface area (Å²) in [6.07, 6.45) is 17.1. The second kappa shape index (κ2) is 33.3. The summed E-state index contributed by atoms with van der Waals surface area (Å²) in [5, 5.41) is 0. The third-order valence-electron chi connectivity index (χ3n) is 18.7. The van der Waals surface area contributed by atoms with Crippen molar-refractivity contribution in [2.75, 3.05) is 0 Å². The summed E-state index contributed by atoms with van der Waals surface area (Å²) in [6.45, 7) is 26.6. The van der Waals surface area contributed by atoms with Crippen LogP contribution in [0.1, 0.15) is 169 Å². The molecule has 0 aliphatic carbocycles. The van der Waals surface area contributed by atoms with Gasteiger partial charge in [-0.1, -0.05) is 0 Å².